The highest BCUT2D eigenvalue weighted by Gasteiger charge is 2.35. The van der Waals surface area contributed by atoms with Crippen LogP contribution < -0.4 is 20.3 Å². The van der Waals surface area contributed by atoms with Crippen molar-refractivity contribution < 1.29 is 29.0 Å². The number of hydrazine groups is 1. The lowest BCUT2D eigenvalue weighted by Crippen LogP contribution is -2.47. The molecule has 0 bridgehead atoms. The number of benzene rings is 1. The highest BCUT2D eigenvalue weighted by Crippen LogP contribution is 2.32. The third-order valence-electron chi connectivity index (χ3n) is 4.35. The fourth-order valence-corrected chi connectivity index (χ4v) is 3.06. The number of ether oxygens (including phenoxy) is 2. The van der Waals surface area contributed by atoms with Gasteiger partial charge in [-0.2, -0.15) is 0 Å². The quantitative estimate of drug-likeness (QED) is 0.713. The lowest BCUT2D eigenvalue weighted by molar-refractivity contribution is -0.149. The lowest BCUT2D eigenvalue weighted by atomic mass is 9.79. The molecule has 0 aromatic heterocycles. The highest BCUT2D eigenvalue weighted by molar-refractivity contribution is 5.96. The molecule has 1 fully saturated rings. The van der Waals surface area contributed by atoms with E-state index in [9.17, 15) is 19.5 Å². The largest absolute Gasteiger partial charge is 0.481 e. The van der Waals surface area contributed by atoms with Crippen molar-refractivity contribution in [2.75, 3.05) is 6.79 Å². The topological polar surface area (TPSA) is 114 Å². The van der Waals surface area contributed by atoms with Crippen molar-refractivity contribution in [1.82, 2.24) is 10.9 Å². The van der Waals surface area contributed by atoms with Crippen molar-refractivity contribution in [1.29, 1.82) is 0 Å². The first-order valence-corrected chi connectivity index (χ1v) is 7.79. The van der Waals surface area contributed by atoms with E-state index in [4.69, 9.17) is 9.47 Å². The average molecular weight is 334 g/mol. The number of nitrogens with one attached hydrogen (secondary N) is 2. The van der Waals surface area contributed by atoms with Gasteiger partial charge in [0.15, 0.2) is 11.5 Å². The van der Waals surface area contributed by atoms with Crippen molar-refractivity contribution in [3.05, 3.63) is 23.8 Å². The highest BCUT2D eigenvalue weighted by atomic mass is 16.7. The Balaban J connectivity index is 1.59. The van der Waals surface area contributed by atoms with E-state index in [2.05, 4.69) is 10.9 Å². The second kappa shape index (κ2) is 6.77. The normalized spacial score (nSPS) is 21.8. The molecule has 3 N–H and O–H groups in total. The molecule has 2 atom stereocenters. The zero-order valence-electron chi connectivity index (χ0n) is 12.9. The molecule has 1 aliphatic carbocycles. The fraction of sp³-hybridized carbons (Fsp3) is 0.438. The summed E-state index contributed by atoms with van der Waals surface area (Å²) in [4.78, 5) is 35.6. The molecular weight excluding hydrogens is 316 g/mol. The van der Waals surface area contributed by atoms with E-state index < -0.39 is 29.6 Å². The van der Waals surface area contributed by atoms with Crippen LogP contribution in [0.1, 0.15) is 36.0 Å². The first-order valence-electron chi connectivity index (χ1n) is 7.79. The van der Waals surface area contributed by atoms with Crippen LogP contribution in [0.25, 0.3) is 0 Å². The standard InChI is InChI=1S/C16H18N2O6/c19-14(9-5-6-12-13(7-9)24-8-23-12)17-18-15(20)10-3-1-2-4-11(10)16(21)22/h5-7,10-11H,1-4,8H2,(H,17,19)(H,18,20)(H,21,22)/t10-,11+/m1/s1. The van der Waals surface area contributed by atoms with Crippen LogP contribution in [0.3, 0.4) is 0 Å². The van der Waals surface area contributed by atoms with E-state index in [0.29, 0.717) is 29.9 Å². The van der Waals surface area contributed by atoms with Crippen LogP contribution >= 0.6 is 0 Å². The Hall–Kier alpha value is -2.77. The van der Waals surface area contributed by atoms with Crippen molar-refractivity contribution in [3.8, 4) is 11.5 Å². The number of aliphatic carboxylic acids is 1. The van der Waals surface area contributed by atoms with Crippen LogP contribution in [0.15, 0.2) is 18.2 Å². The predicted octanol–water partition coefficient (Wildman–Crippen LogP) is 1.07. The summed E-state index contributed by atoms with van der Waals surface area (Å²) in [7, 11) is 0. The second-order valence-corrected chi connectivity index (χ2v) is 5.85. The van der Waals surface area contributed by atoms with Crippen LogP contribution in [-0.2, 0) is 9.59 Å². The number of carbonyl (C=O) groups excluding carboxylic acids is 2. The van der Waals surface area contributed by atoms with Gasteiger partial charge < -0.3 is 14.6 Å². The van der Waals surface area contributed by atoms with Gasteiger partial charge in [-0.1, -0.05) is 12.8 Å². The molecular formula is C16H18N2O6. The second-order valence-electron chi connectivity index (χ2n) is 5.85. The maximum Gasteiger partial charge on any atom is 0.307 e. The monoisotopic (exact) mass is 334 g/mol. The number of hydrogen-bond donors (Lipinski definition) is 3. The smallest absolute Gasteiger partial charge is 0.307 e. The summed E-state index contributed by atoms with van der Waals surface area (Å²) in [6.45, 7) is 0.107. The molecule has 0 unspecified atom stereocenters. The molecule has 1 aromatic carbocycles. The van der Waals surface area contributed by atoms with Crippen molar-refractivity contribution in [3.63, 3.8) is 0 Å². The molecule has 2 aliphatic rings. The maximum atomic E-state index is 12.2. The maximum absolute atomic E-state index is 12.2. The molecule has 8 nitrogen and oxygen atoms in total. The van der Waals surface area contributed by atoms with Gasteiger partial charge in [0, 0.05) is 5.56 Å². The van der Waals surface area contributed by atoms with Gasteiger partial charge in [0.25, 0.3) is 5.91 Å². The molecule has 0 radical (unpaired) electrons. The summed E-state index contributed by atoms with van der Waals surface area (Å²) in [5.74, 6) is -2.28. The molecule has 1 heterocycles. The summed E-state index contributed by atoms with van der Waals surface area (Å²) in [6.07, 6.45) is 2.58. The van der Waals surface area contributed by atoms with Gasteiger partial charge in [0.05, 0.1) is 11.8 Å². The van der Waals surface area contributed by atoms with Crippen LogP contribution in [0.4, 0.5) is 0 Å². The van der Waals surface area contributed by atoms with E-state index in [1.165, 1.54) is 6.07 Å². The van der Waals surface area contributed by atoms with Crippen molar-refractivity contribution in [2.45, 2.75) is 25.7 Å². The molecule has 3 rings (SSSR count). The Morgan fingerprint density at radius 1 is 1.00 bits per heavy atom. The van der Waals surface area contributed by atoms with E-state index in [1.807, 2.05) is 0 Å². The van der Waals surface area contributed by atoms with Crippen LogP contribution in [0.2, 0.25) is 0 Å². The molecule has 1 aliphatic heterocycles. The minimum Gasteiger partial charge on any atom is -0.481 e. The SMILES string of the molecule is O=C(NNC(=O)[C@@H]1CCCC[C@@H]1C(=O)O)c1ccc2c(c1)OCO2. The van der Waals surface area contributed by atoms with E-state index >= 15 is 0 Å². The predicted molar refractivity (Wildman–Crippen MR) is 81.3 cm³/mol. The van der Waals surface area contributed by atoms with E-state index in [-0.39, 0.29) is 6.79 Å². The Morgan fingerprint density at radius 2 is 1.71 bits per heavy atom. The van der Waals surface area contributed by atoms with E-state index in [0.717, 1.165) is 12.8 Å². The zero-order valence-corrected chi connectivity index (χ0v) is 12.9. The van der Waals surface area contributed by atoms with Crippen LogP contribution in [0, 0.1) is 11.8 Å². The van der Waals surface area contributed by atoms with Crippen molar-refractivity contribution >= 4 is 17.8 Å². The van der Waals surface area contributed by atoms with Gasteiger partial charge in [0.1, 0.15) is 0 Å². The minimum absolute atomic E-state index is 0.107. The van der Waals surface area contributed by atoms with E-state index in [1.54, 1.807) is 12.1 Å². The van der Waals surface area contributed by atoms with Gasteiger partial charge in [-0.05, 0) is 31.0 Å². The molecule has 0 saturated heterocycles. The number of carboxylic acid groups (broad SMARTS) is 1. The Kier molecular flexibility index (Phi) is 4.54. The van der Waals surface area contributed by atoms with Gasteiger partial charge in [-0.3, -0.25) is 25.2 Å². The molecule has 128 valence electrons. The number of hydrogen-bond acceptors (Lipinski definition) is 5. The number of carboxylic acids is 1. The summed E-state index contributed by atoms with van der Waals surface area (Å²) in [5.41, 5.74) is 4.95. The lowest BCUT2D eigenvalue weighted by Gasteiger charge is -2.27. The molecule has 24 heavy (non-hydrogen) atoms. The summed E-state index contributed by atoms with van der Waals surface area (Å²) in [5, 5.41) is 9.21. The summed E-state index contributed by atoms with van der Waals surface area (Å²) in [6, 6.07) is 4.68. The summed E-state index contributed by atoms with van der Waals surface area (Å²) < 4.78 is 10.4. The first-order chi connectivity index (χ1) is 11.6. The third-order valence-corrected chi connectivity index (χ3v) is 4.35. The molecule has 2 amide bonds. The van der Waals surface area contributed by atoms with Crippen LogP contribution in [-0.4, -0.2) is 29.7 Å². The molecule has 8 heteroatoms. The minimum atomic E-state index is -0.975. The van der Waals surface area contributed by atoms with Gasteiger partial charge in [-0.15, -0.1) is 0 Å². The first kappa shape index (κ1) is 16.1. The van der Waals surface area contributed by atoms with Crippen molar-refractivity contribution in [2.24, 2.45) is 11.8 Å². The zero-order chi connectivity index (χ0) is 17.1. The van der Waals surface area contributed by atoms with Gasteiger partial charge in [-0.25, -0.2) is 0 Å². The summed E-state index contributed by atoms with van der Waals surface area (Å²) >= 11 is 0. The Labute approximate surface area is 138 Å². The van der Waals surface area contributed by atoms with Gasteiger partial charge >= 0.3 is 5.97 Å². The van der Waals surface area contributed by atoms with Crippen LogP contribution in [0.5, 0.6) is 11.5 Å². The number of carbonyl (C=O) groups is 3. The Morgan fingerprint density at radius 3 is 2.46 bits per heavy atom. The molecule has 1 aromatic rings. The molecule has 0 spiro atoms. The number of fused-ring (bicyclic) bond motifs is 1. The Bertz CT molecular complexity index is 675. The third kappa shape index (κ3) is 3.27. The average Bonchev–Trinajstić information content (AvgIpc) is 3.06. The number of amides is 2. The number of rotatable bonds is 3. The van der Waals surface area contributed by atoms with Gasteiger partial charge in [0.2, 0.25) is 12.7 Å². The fourth-order valence-electron chi connectivity index (χ4n) is 3.06. The molecule has 1 saturated carbocycles.